The molecular formula is C52H32N4O. The van der Waals surface area contributed by atoms with Crippen molar-refractivity contribution in [1.29, 1.82) is 0 Å². The summed E-state index contributed by atoms with van der Waals surface area (Å²) in [6.07, 6.45) is 0. The molecule has 266 valence electrons. The second-order valence-electron chi connectivity index (χ2n) is 14.6. The molecule has 5 nitrogen and oxygen atoms in total. The van der Waals surface area contributed by atoms with Crippen LogP contribution in [0.25, 0.3) is 111 Å². The smallest absolute Gasteiger partial charge is 0.180 e. The van der Waals surface area contributed by atoms with Gasteiger partial charge in [0.1, 0.15) is 16.8 Å². The van der Waals surface area contributed by atoms with Crippen LogP contribution in [-0.4, -0.2) is 19.1 Å². The summed E-state index contributed by atoms with van der Waals surface area (Å²) in [5, 5.41) is 5.68. The fourth-order valence-electron chi connectivity index (χ4n) is 8.71. The monoisotopic (exact) mass is 728 g/mol. The fraction of sp³-hybridized carbons (Fsp3) is 0. The minimum Gasteiger partial charge on any atom is -0.452 e. The second-order valence-corrected chi connectivity index (χ2v) is 14.6. The summed E-state index contributed by atoms with van der Waals surface area (Å²) >= 11 is 0. The topological polar surface area (TPSA) is 48.8 Å². The average Bonchev–Trinajstić information content (AvgIpc) is 3.93. The van der Waals surface area contributed by atoms with Crippen LogP contribution in [0.15, 0.2) is 199 Å². The molecule has 0 unspecified atom stereocenters. The SMILES string of the molecule is c1ccc(-c2nc(-c3ccccc3)c3oc4cc5c6cc(-c7ccc8c(c7)c7ccccc7n8-c7ccccc7)ccc6n(-c6ccccc6)c5cc4c3n2)cc1. The number of nitrogens with zero attached hydrogens (tertiary/aromatic N) is 4. The average molecular weight is 729 g/mol. The molecule has 5 heteroatoms. The summed E-state index contributed by atoms with van der Waals surface area (Å²) in [5.74, 6) is 0.668. The van der Waals surface area contributed by atoms with Gasteiger partial charge in [-0.05, 0) is 77.9 Å². The van der Waals surface area contributed by atoms with Crippen molar-refractivity contribution in [2.24, 2.45) is 0 Å². The van der Waals surface area contributed by atoms with Gasteiger partial charge in [-0.2, -0.15) is 0 Å². The van der Waals surface area contributed by atoms with Crippen LogP contribution in [-0.2, 0) is 0 Å². The van der Waals surface area contributed by atoms with E-state index in [2.05, 4.69) is 167 Å². The minimum atomic E-state index is 0.668. The van der Waals surface area contributed by atoms with Crippen molar-refractivity contribution < 1.29 is 4.42 Å². The van der Waals surface area contributed by atoms with Crippen molar-refractivity contribution >= 4 is 65.7 Å². The first-order valence-electron chi connectivity index (χ1n) is 19.2. The van der Waals surface area contributed by atoms with Crippen LogP contribution < -0.4 is 0 Å². The molecule has 12 rings (SSSR count). The molecular weight excluding hydrogens is 697 g/mol. The molecule has 0 bridgehead atoms. The van der Waals surface area contributed by atoms with E-state index >= 15 is 0 Å². The molecule has 12 aromatic rings. The van der Waals surface area contributed by atoms with Crippen LogP contribution >= 0.6 is 0 Å². The Kier molecular flexibility index (Phi) is 6.86. The number of hydrogen-bond acceptors (Lipinski definition) is 3. The number of benzene rings is 8. The molecule has 0 aliphatic heterocycles. The molecule has 0 saturated heterocycles. The van der Waals surface area contributed by atoms with Gasteiger partial charge >= 0.3 is 0 Å². The van der Waals surface area contributed by atoms with E-state index in [0.717, 1.165) is 72.1 Å². The van der Waals surface area contributed by atoms with Crippen molar-refractivity contribution in [3.8, 4) is 45.1 Å². The highest BCUT2D eigenvalue weighted by Crippen LogP contribution is 2.42. The zero-order valence-corrected chi connectivity index (χ0v) is 30.7. The van der Waals surface area contributed by atoms with Crippen molar-refractivity contribution in [2.45, 2.75) is 0 Å². The molecule has 0 spiro atoms. The Hall–Kier alpha value is -7.76. The molecule has 0 saturated carbocycles. The second kappa shape index (κ2) is 12.4. The van der Waals surface area contributed by atoms with E-state index in [-0.39, 0.29) is 0 Å². The molecule has 8 aromatic carbocycles. The van der Waals surface area contributed by atoms with E-state index in [1.54, 1.807) is 0 Å². The van der Waals surface area contributed by atoms with Gasteiger partial charge in [0, 0.05) is 49.4 Å². The summed E-state index contributed by atoms with van der Waals surface area (Å²) in [6, 6.07) is 68.5. The molecule has 0 aliphatic rings. The van der Waals surface area contributed by atoms with Gasteiger partial charge in [-0.25, -0.2) is 9.97 Å². The Balaban J connectivity index is 1.11. The van der Waals surface area contributed by atoms with Crippen molar-refractivity contribution in [3.63, 3.8) is 0 Å². The summed E-state index contributed by atoms with van der Waals surface area (Å²) in [6.45, 7) is 0. The lowest BCUT2D eigenvalue weighted by Gasteiger charge is -2.09. The van der Waals surface area contributed by atoms with Gasteiger partial charge in [0.25, 0.3) is 0 Å². The lowest BCUT2D eigenvalue weighted by atomic mass is 10.0. The Labute approximate surface area is 327 Å². The van der Waals surface area contributed by atoms with Gasteiger partial charge < -0.3 is 13.6 Å². The van der Waals surface area contributed by atoms with Gasteiger partial charge in [0.15, 0.2) is 11.4 Å². The molecule has 4 aromatic heterocycles. The third-order valence-electron chi connectivity index (χ3n) is 11.3. The Morgan fingerprint density at radius 3 is 1.51 bits per heavy atom. The standard InChI is InChI=1S/C52H32N4O/c1-5-15-33(16-6-1)49-51-50(54-52(53-49)34-17-7-2-8-18-34)43-31-47-42(32-48(43)57-51)41-30-36(26-28-46(41)56(47)38-21-11-4-12-22-38)35-25-27-45-40(29-35)39-23-13-14-24-44(39)55(45)37-19-9-3-10-20-37/h1-32H. The maximum absolute atomic E-state index is 6.81. The molecule has 0 amide bonds. The number of aromatic nitrogens is 4. The maximum atomic E-state index is 6.81. The number of hydrogen-bond donors (Lipinski definition) is 0. The Bertz CT molecular complexity index is 3490. The normalized spacial score (nSPS) is 11.9. The first-order chi connectivity index (χ1) is 28.3. The van der Waals surface area contributed by atoms with Crippen molar-refractivity contribution in [3.05, 3.63) is 194 Å². The van der Waals surface area contributed by atoms with Gasteiger partial charge in [-0.1, -0.05) is 127 Å². The van der Waals surface area contributed by atoms with Gasteiger partial charge in [-0.3, -0.25) is 0 Å². The third kappa shape index (κ3) is 4.89. The Morgan fingerprint density at radius 1 is 0.351 bits per heavy atom. The van der Waals surface area contributed by atoms with Crippen LogP contribution in [0.1, 0.15) is 0 Å². The number of para-hydroxylation sites is 3. The van der Waals surface area contributed by atoms with Crippen LogP contribution in [0.4, 0.5) is 0 Å². The van der Waals surface area contributed by atoms with E-state index in [1.165, 1.54) is 27.4 Å². The van der Waals surface area contributed by atoms with Crippen molar-refractivity contribution in [2.75, 3.05) is 0 Å². The summed E-state index contributed by atoms with van der Waals surface area (Å²) in [7, 11) is 0. The summed E-state index contributed by atoms with van der Waals surface area (Å²) in [4.78, 5) is 10.3. The molecule has 57 heavy (non-hydrogen) atoms. The van der Waals surface area contributed by atoms with Crippen LogP contribution in [0, 0.1) is 0 Å². The highest BCUT2D eigenvalue weighted by molar-refractivity contribution is 6.18. The van der Waals surface area contributed by atoms with E-state index in [0.29, 0.717) is 11.4 Å². The lowest BCUT2D eigenvalue weighted by molar-refractivity contribution is 0.668. The number of rotatable bonds is 5. The predicted molar refractivity (Wildman–Crippen MR) is 234 cm³/mol. The van der Waals surface area contributed by atoms with Gasteiger partial charge in [-0.15, -0.1) is 0 Å². The van der Waals surface area contributed by atoms with E-state index < -0.39 is 0 Å². The molecule has 0 N–H and O–H groups in total. The van der Waals surface area contributed by atoms with Crippen LogP contribution in [0.5, 0.6) is 0 Å². The summed E-state index contributed by atoms with van der Waals surface area (Å²) < 4.78 is 11.5. The first-order valence-corrected chi connectivity index (χ1v) is 19.2. The fourth-order valence-corrected chi connectivity index (χ4v) is 8.71. The quantitative estimate of drug-likeness (QED) is 0.177. The zero-order chi connectivity index (χ0) is 37.5. The minimum absolute atomic E-state index is 0.668. The van der Waals surface area contributed by atoms with Crippen LogP contribution in [0.3, 0.4) is 0 Å². The Morgan fingerprint density at radius 2 is 0.860 bits per heavy atom. The first kappa shape index (κ1) is 31.6. The number of fused-ring (bicyclic) bond motifs is 9. The van der Waals surface area contributed by atoms with Gasteiger partial charge in [0.2, 0.25) is 0 Å². The van der Waals surface area contributed by atoms with E-state index in [1.807, 2.05) is 36.4 Å². The predicted octanol–water partition coefficient (Wildman–Crippen LogP) is 13.6. The highest BCUT2D eigenvalue weighted by atomic mass is 16.3. The zero-order valence-electron chi connectivity index (χ0n) is 30.7. The molecule has 0 atom stereocenters. The lowest BCUT2D eigenvalue weighted by Crippen LogP contribution is -1.94. The molecule has 0 aliphatic carbocycles. The molecule has 4 heterocycles. The maximum Gasteiger partial charge on any atom is 0.180 e. The number of furan rings is 1. The van der Waals surface area contributed by atoms with Crippen LogP contribution in [0.2, 0.25) is 0 Å². The van der Waals surface area contributed by atoms with Gasteiger partial charge in [0.05, 0.1) is 22.1 Å². The van der Waals surface area contributed by atoms with Crippen molar-refractivity contribution in [1.82, 2.24) is 19.1 Å². The molecule has 0 fully saturated rings. The summed E-state index contributed by atoms with van der Waals surface area (Å²) in [5.41, 5.74) is 14.2. The van der Waals surface area contributed by atoms with E-state index in [4.69, 9.17) is 14.4 Å². The largest absolute Gasteiger partial charge is 0.452 e. The molecule has 0 radical (unpaired) electrons. The third-order valence-corrected chi connectivity index (χ3v) is 11.3. The highest BCUT2D eigenvalue weighted by Gasteiger charge is 2.22. The van der Waals surface area contributed by atoms with E-state index in [9.17, 15) is 0 Å².